The maximum atomic E-state index is 13.1. The van der Waals surface area contributed by atoms with Gasteiger partial charge in [-0.05, 0) is 35.9 Å². The molecule has 0 bridgehead atoms. The molecule has 3 rings (SSSR count). The van der Waals surface area contributed by atoms with Gasteiger partial charge >= 0.3 is 0 Å². The number of halogens is 1. The summed E-state index contributed by atoms with van der Waals surface area (Å²) in [4.78, 5) is 12.2. The Hall–Kier alpha value is -2.88. The van der Waals surface area contributed by atoms with E-state index in [1.165, 1.54) is 18.2 Å². The number of furan rings is 1. The molecule has 0 amide bonds. The Morgan fingerprint density at radius 3 is 2.77 bits per heavy atom. The molecule has 110 valence electrons. The van der Waals surface area contributed by atoms with Crippen LogP contribution in [0.1, 0.15) is 16.1 Å². The van der Waals surface area contributed by atoms with Crippen molar-refractivity contribution in [1.82, 2.24) is 0 Å². The minimum atomic E-state index is -0.344. The second kappa shape index (κ2) is 5.85. The number of para-hydroxylation sites is 1. The molecule has 0 N–H and O–H groups in total. The first-order valence-electron chi connectivity index (χ1n) is 6.72. The highest BCUT2D eigenvalue weighted by molar-refractivity contribution is 6.07. The number of hydrogen-bond donors (Lipinski definition) is 0. The molecular weight excluding hydrogens is 283 g/mol. The lowest BCUT2D eigenvalue weighted by Gasteiger charge is -1.98. The maximum absolute atomic E-state index is 13.1. The summed E-state index contributed by atoms with van der Waals surface area (Å²) in [5.74, 6) is 0.156. The van der Waals surface area contributed by atoms with Crippen LogP contribution in [0, 0.1) is 5.82 Å². The summed E-state index contributed by atoms with van der Waals surface area (Å²) < 4.78 is 23.8. The van der Waals surface area contributed by atoms with Crippen molar-refractivity contribution in [3.63, 3.8) is 0 Å². The molecule has 3 nitrogen and oxygen atoms in total. The molecular formula is C18H13FO3. The van der Waals surface area contributed by atoms with Crippen molar-refractivity contribution in [1.29, 1.82) is 0 Å². The lowest BCUT2D eigenvalue weighted by molar-refractivity contribution is 0.102. The molecule has 0 radical (unpaired) electrons. The number of rotatable bonds is 4. The smallest absolute Gasteiger partial charge is 0.221 e. The first-order valence-corrected chi connectivity index (χ1v) is 6.72. The monoisotopic (exact) mass is 296 g/mol. The number of allylic oxidation sites excluding steroid dienone is 1. The Morgan fingerprint density at radius 2 is 2.00 bits per heavy atom. The number of benzene rings is 2. The van der Waals surface area contributed by atoms with Crippen LogP contribution in [-0.4, -0.2) is 12.9 Å². The van der Waals surface area contributed by atoms with Crippen LogP contribution in [0.25, 0.3) is 17.0 Å². The van der Waals surface area contributed by atoms with Crippen molar-refractivity contribution in [2.75, 3.05) is 7.11 Å². The van der Waals surface area contributed by atoms with Gasteiger partial charge in [0.15, 0.2) is 17.1 Å². The van der Waals surface area contributed by atoms with Crippen molar-refractivity contribution in [3.05, 3.63) is 71.7 Å². The summed E-state index contributed by atoms with van der Waals surface area (Å²) in [6, 6.07) is 13.1. The fourth-order valence-corrected chi connectivity index (χ4v) is 2.18. The predicted octanol–water partition coefficient (Wildman–Crippen LogP) is 4.48. The van der Waals surface area contributed by atoms with Gasteiger partial charge in [0.25, 0.3) is 0 Å². The van der Waals surface area contributed by atoms with E-state index in [9.17, 15) is 9.18 Å². The standard InChI is InChI=1S/C18H13FO3/c1-21-16-7-3-5-13-11-17(22-18(13)16)15(20)9-8-12-4-2-6-14(19)10-12/h2-11H,1H3/b9-8+. The molecule has 1 heterocycles. The van der Waals surface area contributed by atoms with Crippen LogP contribution in [0.3, 0.4) is 0 Å². The molecule has 4 heteroatoms. The molecule has 0 atom stereocenters. The zero-order chi connectivity index (χ0) is 15.5. The highest BCUT2D eigenvalue weighted by Gasteiger charge is 2.12. The van der Waals surface area contributed by atoms with Crippen LogP contribution >= 0.6 is 0 Å². The summed E-state index contributed by atoms with van der Waals surface area (Å²) in [7, 11) is 1.54. The van der Waals surface area contributed by atoms with E-state index >= 15 is 0 Å². The van der Waals surface area contributed by atoms with Gasteiger partial charge < -0.3 is 9.15 Å². The molecule has 0 fully saturated rings. The van der Waals surface area contributed by atoms with Gasteiger partial charge in [-0.2, -0.15) is 0 Å². The summed E-state index contributed by atoms with van der Waals surface area (Å²) in [6.07, 6.45) is 2.91. The van der Waals surface area contributed by atoms with Gasteiger partial charge in [-0.25, -0.2) is 4.39 Å². The zero-order valence-electron chi connectivity index (χ0n) is 11.9. The molecule has 0 aliphatic carbocycles. The molecule has 0 aliphatic rings. The highest BCUT2D eigenvalue weighted by atomic mass is 19.1. The summed E-state index contributed by atoms with van der Waals surface area (Å²) >= 11 is 0. The van der Waals surface area contributed by atoms with Crippen LogP contribution in [0.4, 0.5) is 4.39 Å². The lowest BCUT2D eigenvalue weighted by Crippen LogP contribution is -1.90. The Bertz CT molecular complexity index is 862. The van der Waals surface area contributed by atoms with Crippen molar-refractivity contribution in [2.45, 2.75) is 0 Å². The number of ether oxygens (including phenoxy) is 1. The van der Waals surface area contributed by atoms with Crippen LogP contribution < -0.4 is 4.74 Å². The Morgan fingerprint density at radius 1 is 1.18 bits per heavy atom. The van der Waals surface area contributed by atoms with Crippen LogP contribution in [0.2, 0.25) is 0 Å². The average Bonchev–Trinajstić information content (AvgIpc) is 2.96. The van der Waals surface area contributed by atoms with E-state index < -0.39 is 0 Å². The Balaban J connectivity index is 1.89. The second-order valence-electron chi connectivity index (χ2n) is 4.74. The van der Waals surface area contributed by atoms with Crippen molar-refractivity contribution in [3.8, 4) is 5.75 Å². The number of methoxy groups -OCH3 is 1. The Kier molecular flexibility index (Phi) is 3.74. The van der Waals surface area contributed by atoms with Crippen molar-refractivity contribution < 1.29 is 18.3 Å². The van der Waals surface area contributed by atoms with E-state index in [1.807, 2.05) is 12.1 Å². The molecule has 0 saturated heterocycles. The third-order valence-electron chi connectivity index (χ3n) is 3.25. The minimum Gasteiger partial charge on any atom is -0.493 e. The number of carbonyl (C=O) groups excluding carboxylic acids is 1. The number of hydrogen-bond acceptors (Lipinski definition) is 3. The van der Waals surface area contributed by atoms with Gasteiger partial charge in [-0.15, -0.1) is 0 Å². The quantitative estimate of drug-likeness (QED) is 0.526. The normalized spacial score (nSPS) is 11.2. The number of fused-ring (bicyclic) bond motifs is 1. The molecule has 3 aromatic rings. The molecule has 22 heavy (non-hydrogen) atoms. The van der Waals surface area contributed by atoms with E-state index in [1.54, 1.807) is 37.5 Å². The van der Waals surface area contributed by atoms with Gasteiger partial charge in [0.05, 0.1) is 7.11 Å². The topological polar surface area (TPSA) is 39.4 Å². The highest BCUT2D eigenvalue weighted by Crippen LogP contribution is 2.28. The maximum Gasteiger partial charge on any atom is 0.221 e. The van der Waals surface area contributed by atoms with Gasteiger partial charge in [-0.1, -0.05) is 30.3 Å². The third-order valence-corrected chi connectivity index (χ3v) is 3.25. The second-order valence-corrected chi connectivity index (χ2v) is 4.74. The third kappa shape index (κ3) is 2.76. The zero-order valence-corrected chi connectivity index (χ0v) is 11.9. The van der Waals surface area contributed by atoms with E-state index in [4.69, 9.17) is 9.15 Å². The molecule has 0 unspecified atom stereocenters. The molecule has 0 saturated carbocycles. The van der Waals surface area contributed by atoms with Crippen LogP contribution in [-0.2, 0) is 0 Å². The Labute approximate surface area is 126 Å². The summed E-state index contributed by atoms with van der Waals surface area (Å²) in [5.41, 5.74) is 1.15. The van der Waals surface area contributed by atoms with E-state index in [0.717, 1.165) is 5.39 Å². The van der Waals surface area contributed by atoms with Crippen LogP contribution in [0.5, 0.6) is 5.75 Å². The van der Waals surface area contributed by atoms with Gasteiger partial charge in [0.2, 0.25) is 5.78 Å². The number of ketones is 1. The lowest BCUT2D eigenvalue weighted by atomic mass is 10.1. The summed E-state index contributed by atoms with van der Waals surface area (Å²) in [6.45, 7) is 0. The predicted molar refractivity (Wildman–Crippen MR) is 82.5 cm³/mol. The number of carbonyl (C=O) groups is 1. The van der Waals surface area contributed by atoms with E-state index in [-0.39, 0.29) is 17.4 Å². The molecule has 0 aliphatic heterocycles. The largest absolute Gasteiger partial charge is 0.493 e. The fraction of sp³-hybridized carbons (Fsp3) is 0.0556. The summed E-state index contributed by atoms with van der Waals surface area (Å²) in [5, 5.41) is 0.793. The first kappa shape index (κ1) is 14.1. The van der Waals surface area contributed by atoms with E-state index in [2.05, 4.69) is 0 Å². The fourth-order valence-electron chi connectivity index (χ4n) is 2.18. The van der Waals surface area contributed by atoms with Crippen molar-refractivity contribution in [2.24, 2.45) is 0 Å². The average molecular weight is 296 g/mol. The van der Waals surface area contributed by atoms with Crippen molar-refractivity contribution >= 4 is 22.8 Å². The van der Waals surface area contributed by atoms with Crippen LogP contribution in [0.15, 0.2) is 59.0 Å². The van der Waals surface area contributed by atoms with Gasteiger partial charge in [0, 0.05) is 5.39 Å². The SMILES string of the molecule is COc1cccc2cc(C(=O)/C=C/c3cccc(F)c3)oc12. The molecule has 2 aromatic carbocycles. The first-order chi connectivity index (χ1) is 10.7. The molecule has 0 spiro atoms. The minimum absolute atomic E-state index is 0.215. The van der Waals surface area contributed by atoms with Gasteiger partial charge in [-0.3, -0.25) is 4.79 Å². The van der Waals surface area contributed by atoms with Gasteiger partial charge in [0.1, 0.15) is 5.82 Å². The van der Waals surface area contributed by atoms with E-state index in [0.29, 0.717) is 16.9 Å². The molecule has 1 aromatic heterocycles.